The van der Waals surface area contributed by atoms with Crippen molar-refractivity contribution in [3.63, 3.8) is 0 Å². The molecule has 0 aromatic heterocycles. The van der Waals surface area contributed by atoms with Crippen LogP contribution in [0.4, 0.5) is 0 Å². The Morgan fingerprint density at radius 1 is 1.30 bits per heavy atom. The van der Waals surface area contributed by atoms with Gasteiger partial charge in [0.15, 0.2) is 5.17 Å². The van der Waals surface area contributed by atoms with E-state index in [0.717, 1.165) is 24.7 Å². The molecule has 4 heteroatoms. The maximum Gasteiger partial charge on any atom is 0.168 e. The van der Waals surface area contributed by atoms with Crippen LogP contribution in [0.25, 0.3) is 5.70 Å². The highest BCUT2D eigenvalue weighted by molar-refractivity contribution is 8.17. The zero-order valence-corrected chi connectivity index (χ0v) is 12.9. The molecule has 106 valence electrons. The first kappa shape index (κ1) is 13.7. The first-order valence-electron chi connectivity index (χ1n) is 7.24. The Kier molecular flexibility index (Phi) is 3.85. The van der Waals surface area contributed by atoms with Gasteiger partial charge in [-0.3, -0.25) is 4.99 Å². The average Bonchev–Trinajstić information content (AvgIpc) is 2.99. The highest BCUT2D eigenvalue weighted by atomic mass is 32.2. The molecule has 3 rings (SSSR count). The van der Waals surface area contributed by atoms with Crippen LogP contribution in [0.15, 0.2) is 34.2 Å². The summed E-state index contributed by atoms with van der Waals surface area (Å²) >= 11 is 1.79. The molecule has 0 amide bonds. The number of nitrogens with two attached hydrogens (primary N) is 1. The maximum atomic E-state index is 5.76. The summed E-state index contributed by atoms with van der Waals surface area (Å²) in [6, 6.07) is 8.96. The van der Waals surface area contributed by atoms with Crippen LogP contribution in [0.1, 0.15) is 37.3 Å². The second-order valence-corrected chi connectivity index (χ2v) is 6.57. The third-order valence-corrected chi connectivity index (χ3v) is 4.95. The summed E-state index contributed by atoms with van der Waals surface area (Å²) in [5, 5.41) is 1.15. The van der Waals surface area contributed by atoms with Crippen molar-refractivity contribution in [1.29, 1.82) is 0 Å². The van der Waals surface area contributed by atoms with Crippen molar-refractivity contribution in [1.82, 2.24) is 4.90 Å². The molecule has 2 aliphatic rings. The van der Waals surface area contributed by atoms with Gasteiger partial charge < -0.3 is 10.6 Å². The third-order valence-electron chi connectivity index (χ3n) is 3.77. The number of hydrogen-bond acceptors (Lipinski definition) is 4. The van der Waals surface area contributed by atoms with E-state index in [1.807, 2.05) is 0 Å². The number of aliphatic imine (C=N–C) groups is 1. The summed E-state index contributed by atoms with van der Waals surface area (Å²) < 4.78 is 0. The van der Waals surface area contributed by atoms with Gasteiger partial charge in [0.2, 0.25) is 0 Å². The molecule has 20 heavy (non-hydrogen) atoms. The first-order valence-corrected chi connectivity index (χ1v) is 8.05. The number of amidine groups is 1. The van der Waals surface area contributed by atoms with E-state index < -0.39 is 0 Å². The fraction of sp³-hybridized carbons (Fsp3) is 0.438. The molecule has 2 aliphatic heterocycles. The summed E-state index contributed by atoms with van der Waals surface area (Å²) in [7, 11) is 0. The second-order valence-electron chi connectivity index (χ2n) is 5.51. The summed E-state index contributed by atoms with van der Waals surface area (Å²) in [5.41, 5.74) is 9.76. The van der Waals surface area contributed by atoms with Gasteiger partial charge in [0.05, 0.1) is 12.2 Å². The summed E-state index contributed by atoms with van der Waals surface area (Å²) in [5.74, 6) is 0.573. The Morgan fingerprint density at radius 2 is 2.05 bits per heavy atom. The lowest BCUT2D eigenvalue weighted by atomic mass is 10.00. The normalized spacial score (nSPS) is 18.0. The van der Waals surface area contributed by atoms with Crippen molar-refractivity contribution >= 4 is 22.6 Å². The van der Waals surface area contributed by atoms with Crippen LogP contribution in [0.5, 0.6) is 0 Å². The van der Waals surface area contributed by atoms with Crippen LogP contribution in [0.2, 0.25) is 0 Å². The van der Waals surface area contributed by atoms with Crippen LogP contribution in [0.3, 0.4) is 0 Å². The van der Waals surface area contributed by atoms with E-state index in [9.17, 15) is 0 Å². The predicted octanol–water partition coefficient (Wildman–Crippen LogP) is 3.25. The molecule has 0 unspecified atom stereocenters. The molecule has 0 fully saturated rings. The molecular formula is C16H21N3S. The van der Waals surface area contributed by atoms with E-state index >= 15 is 0 Å². The minimum atomic E-state index is 0.573. The summed E-state index contributed by atoms with van der Waals surface area (Å²) in [4.78, 5) is 8.29. The fourth-order valence-corrected chi connectivity index (χ4v) is 3.89. The lowest BCUT2D eigenvalue weighted by Crippen LogP contribution is -2.20. The number of benzene rings is 1. The van der Waals surface area contributed by atoms with Crippen molar-refractivity contribution in [3.8, 4) is 0 Å². The van der Waals surface area contributed by atoms with Gasteiger partial charge in [0, 0.05) is 11.4 Å². The van der Waals surface area contributed by atoms with Crippen LogP contribution in [0, 0.1) is 0 Å². The number of nitrogens with zero attached hydrogens (tertiary/aromatic N) is 2. The quantitative estimate of drug-likeness (QED) is 0.924. The van der Waals surface area contributed by atoms with E-state index in [4.69, 9.17) is 5.73 Å². The lowest BCUT2D eigenvalue weighted by Gasteiger charge is -2.18. The van der Waals surface area contributed by atoms with E-state index in [1.54, 1.807) is 11.8 Å². The zero-order chi connectivity index (χ0) is 14.1. The molecule has 0 saturated heterocycles. The second kappa shape index (κ2) is 5.62. The lowest BCUT2D eigenvalue weighted by molar-refractivity contribution is 0.646. The average molecular weight is 287 g/mol. The Hall–Kier alpha value is -1.26. The minimum Gasteiger partial charge on any atom is -0.330 e. The predicted molar refractivity (Wildman–Crippen MR) is 87.7 cm³/mol. The van der Waals surface area contributed by atoms with Gasteiger partial charge in [0.1, 0.15) is 0 Å². The zero-order valence-electron chi connectivity index (χ0n) is 12.1. The number of thioether (sulfide) groups is 1. The highest BCUT2D eigenvalue weighted by Crippen LogP contribution is 2.43. The maximum absolute atomic E-state index is 5.76. The van der Waals surface area contributed by atoms with E-state index in [0.29, 0.717) is 12.5 Å². The molecule has 1 aromatic rings. The summed E-state index contributed by atoms with van der Waals surface area (Å²) in [6.45, 7) is 7.05. The Labute approximate surface area is 124 Å². The molecule has 0 aliphatic carbocycles. The van der Waals surface area contributed by atoms with E-state index in [1.165, 1.54) is 21.7 Å². The molecule has 0 saturated carbocycles. The van der Waals surface area contributed by atoms with Gasteiger partial charge in [-0.1, -0.05) is 49.9 Å². The van der Waals surface area contributed by atoms with Gasteiger partial charge >= 0.3 is 0 Å². The van der Waals surface area contributed by atoms with Gasteiger partial charge in [0.25, 0.3) is 0 Å². The topological polar surface area (TPSA) is 41.6 Å². The first-order chi connectivity index (χ1) is 9.70. The molecule has 3 nitrogen and oxygen atoms in total. The Bertz CT molecular complexity index is 558. The molecule has 2 heterocycles. The van der Waals surface area contributed by atoms with Gasteiger partial charge in [-0.15, -0.1) is 0 Å². The number of rotatable bonds is 4. The SMILES string of the molecule is CC(C)c1ccc(C2=C(CCN)SC3=NCCN32)cc1. The van der Waals surface area contributed by atoms with Crippen molar-refractivity contribution in [2.75, 3.05) is 19.6 Å². The number of fused-ring (bicyclic) bond motifs is 1. The Morgan fingerprint density at radius 3 is 2.70 bits per heavy atom. The molecule has 2 N–H and O–H groups in total. The van der Waals surface area contributed by atoms with Crippen molar-refractivity contribution in [2.24, 2.45) is 10.7 Å². The molecule has 0 radical (unpaired) electrons. The highest BCUT2D eigenvalue weighted by Gasteiger charge is 2.32. The molecule has 0 spiro atoms. The van der Waals surface area contributed by atoms with Crippen LogP contribution < -0.4 is 5.73 Å². The molecule has 1 aromatic carbocycles. The van der Waals surface area contributed by atoms with Gasteiger partial charge in [-0.2, -0.15) is 0 Å². The van der Waals surface area contributed by atoms with Crippen molar-refractivity contribution < 1.29 is 0 Å². The molecule has 0 bridgehead atoms. The third kappa shape index (κ3) is 2.38. The van der Waals surface area contributed by atoms with Crippen LogP contribution >= 0.6 is 11.8 Å². The molecular weight excluding hydrogens is 266 g/mol. The fourth-order valence-electron chi connectivity index (χ4n) is 2.67. The van der Waals surface area contributed by atoms with Gasteiger partial charge in [-0.05, 0) is 30.0 Å². The van der Waals surface area contributed by atoms with Crippen LogP contribution in [-0.4, -0.2) is 29.7 Å². The Balaban J connectivity index is 1.96. The van der Waals surface area contributed by atoms with Crippen molar-refractivity contribution in [3.05, 3.63) is 40.3 Å². The van der Waals surface area contributed by atoms with Gasteiger partial charge in [-0.25, -0.2) is 0 Å². The molecule has 0 atom stereocenters. The van der Waals surface area contributed by atoms with E-state index in [2.05, 4.69) is 48.0 Å². The van der Waals surface area contributed by atoms with E-state index in [-0.39, 0.29) is 0 Å². The van der Waals surface area contributed by atoms with Crippen molar-refractivity contribution in [2.45, 2.75) is 26.2 Å². The summed E-state index contributed by atoms with van der Waals surface area (Å²) in [6.07, 6.45) is 0.932. The monoisotopic (exact) mass is 287 g/mol. The standard InChI is InChI=1S/C16H21N3S/c1-11(2)12-3-5-13(6-4-12)15-14(7-8-17)20-16-18-9-10-19(15)16/h3-6,11H,7-10,17H2,1-2H3. The number of hydrogen-bond donors (Lipinski definition) is 1. The minimum absolute atomic E-state index is 0.573. The largest absolute Gasteiger partial charge is 0.330 e. The van der Waals surface area contributed by atoms with Crippen LogP contribution in [-0.2, 0) is 0 Å². The smallest absolute Gasteiger partial charge is 0.168 e.